The molecule has 8 nitrogen and oxygen atoms in total. The summed E-state index contributed by atoms with van der Waals surface area (Å²) in [7, 11) is 0. The molecule has 2 aromatic heterocycles. The van der Waals surface area contributed by atoms with Gasteiger partial charge in [-0.15, -0.1) is 0 Å². The fourth-order valence-electron chi connectivity index (χ4n) is 4.52. The quantitative estimate of drug-likeness (QED) is 0.656. The van der Waals surface area contributed by atoms with Crippen LogP contribution in [0.25, 0.3) is 11.0 Å². The average molecular weight is 434 g/mol. The van der Waals surface area contributed by atoms with Crippen LogP contribution in [0.2, 0.25) is 0 Å². The van der Waals surface area contributed by atoms with E-state index < -0.39 is 0 Å². The van der Waals surface area contributed by atoms with Gasteiger partial charge in [0.05, 0.1) is 27.9 Å². The Morgan fingerprint density at radius 1 is 1.16 bits per heavy atom. The highest BCUT2D eigenvalue weighted by Crippen LogP contribution is 2.24. The predicted octanol–water partition coefficient (Wildman–Crippen LogP) is 2.61. The summed E-state index contributed by atoms with van der Waals surface area (Å²) >= 11 is 0. The first kappa shape index (κ1) is 20.6. The molecule has 0 atom stereocenters. The number of nitrogens with one attached hydrogen (secondary N) is 1. The number of aryl methyl sites for hydroxylation is 2. The van der Waals surface area contributed by atoms with Gasteiger partial charge in [-0.2, -0.15) is 0 Å². The van der Waals surface area contributed by atoms with Gasteiger partial charge in [-0.05, 0) is 56.4 Å². The zero-order valence-corrected chi connectivity index (χ0v) is 18.5. The van der Waals surface area contributed by atoms with Crippen LogP contribution in [0.1, 0.15) is 53.0 Å². The first-order chi connectivity index (χ1) is 15.4. The van der Waals surface area contributed by atoms with Crippen molar-refractivity contribution < 1.29 is 4.42 Å². The van der Waals surface area contributed by atoms with Gasteiger partial charge in [0.25, 0.3) is 5.56 Å². The summed E-state index contributed by atoms with van der Waals surface area (Å²) < 4.78 is 5.78. The molecule has 3 N–H and O–H groups in total. The minimum atomic E-state index is -0.132. The third-order valence-electron chi connectivity index (χ3n) is 6.56. The summed E-state index contributed by atoms with van der Waals surface area (Å²) in [6, 6.07) is 3.71. The van der Waals surface area contributed by atoms with Gasteiger partial charge in [0.2, 0.25) is 0 Å². The third kappa shape index (κ3) is 3.64. The topological polar surface area (TPSA) is 118 Å². The summed E-state index contributed by atoms with van der Waals surface area (Å²) in [6.07, 6.45) is 3.64. The number of hydrogen-bond acceptors (Lipinski definition) is 7. The maximum Gasteiger partial charge on any atom is 0.255 e. The van der Waals surface area contributed by atoms with Gasteiger partial charge in [-0.1, -0.05) is 0 Å². The standard InChI is InChI=1S/C24H27N5O3/c1-13-9-15-20(10-14(13)2)32-22(25)17(21(15)30)12-29-8-6-18-16(11-29)24(31)28-23(27-18)19-5-3-4-7-26-19/h9-10H,3-8,11-12,25H2,1-2H3,(H,27,28,31). The second-order valence-corrected chi connectivity index (χ2v) is 8.79. The first-order valence-electron chi connectivity index (χ1n) is 11.1. The van der Waals surface area contributed by atoms with Crippen LogP contribution < -0.4 is 16.7 Å². The normalized spacial score (nSPS) is 16.8. The summed E-state index contributed by atoms with van der Waals surface area (Å²) in [4.78, 5) is 40.2. The molecule has 0 fully saturated rings. The van der Waals surface area contributed by atoms with E-state index in [2.05, 4.69) is 9.98 Å². The van der Waals surface area contributed by atoms with Crippen LogP contribution in [0.3, 0.4) is 0 Å². The average Bonchev–Trinajstić information content (AvgIpc) is 2.79. The number of nitrogen functional groups attached to an aromatic ring is 1. The summed E-state index contributed by atoms with van der Waals surface area (Å²) in [5, 5.41) is 0.534. The number of rotatable bonds is 3. The van der Waals surface area contributed by atoms with Crippen LogP contribution in [0.5, 0.6) is 0 Å². The molecule has 1 aromatic carbocycles. The van der Waals surface area contributed by atoms with Crippen LogP contribution in [0.4, 0.5) is 5.88 Å². The second-order valence-electron chi connectivity index (χ2n) is 8.79. The van der Waals surface area contributed by atoms with E-state index >= 15 is 0 Å². The van der Waals surface area contributed by atoms with Gasteiger partial charge in [0.15, 0.2) is 17.1 Å². The van der Waals surface area contributed by atoms with Crippen molar-refractivity contribution in [2.24, 2.45) is 4.99 Å². The fourth-order valence-corrected chi connectivity index (χ4v) is 4.52. The zero-order chi connectivity index (χ0) is 22.4. The number of aromatic amines is 1. The molecule has 32 heavy (non-hydrogen) atoms. The summed E-state index contributed by atoms with van der Waals surface area (Å²) in [5.74, 6) is 0.737. The Morgan fingerprint density at radius 3 is 2.75 bits per heavy atom. The van der Waals surface area contributed by atoms with Gasteiger partial charge in [0.1, 0.15) is 5.58 Å². The van der Waals surface area contributed by atoms with Gasteiger partial charge in [-0.3, -0.25) is 19.5 Å². The van der Waals surface area contributed by atoms with Crippen molar-refractivity contribution in [1.82, 2.24) is 14.9 Å². The number of nitrogens with zero attached hydrogens (tertiary/aromatic N) is 3. The lowest BCUT2D eigenvalue weighted by Gasteiger charge is -2.28. The number of fused-ring (bicyclic) bond motifs is 2. The highest BCUT2D eigenvalue weighted by atomic mass is 16.3. The Morgan fingerprint density at radius 2 is 1.97 bits per heavy atom. The predicted molar refractivity (Wildman–Crippen MR) is 124 cm³/mol. The smallest absolute Gasteiger partial charge is 0.255 e. The molecule has 2 aliphatic rings. The summed E-state index contributed by atoms with van der Waals surface area (Å²) in [5.41, 5.74) is 11.3. The molecule has 5 rings (SSSR count). The number of hydrogen-bond donors (Lipinski definition) is 2. The molecule has 0 saturated heterocycles. The molecule has 0 aliphatic carbocycles. The zero-order valence-electron chi connectivity index (χ0n) is 18.5. The maximum absolute atomic E-state index is 13.2. The van der Waals surface area contributed by atoms with Crippen LogP contribution in [-0.2, 0) is 19.5 Å². The van der Waals surface area contributed by atoms with Crippen molar-refractivity contribution in [2.75, 3.05) is 18.8 Å². The molecule has 4 heterocycles. The lowest BCUT2D eigenvalue weighted by Crippen LogP contribution is -2.37. The maximum atomic E-state index is 13.2. The van der Waals surface area contributed by atoms with Crippen molar-refractivity contribution in [3.05, 3.63) is 66.5 Å². The molecular formula is C24H27N5O3. The van der Waals surface area contributed by atoms with Crippen molar-refractivity contribution in [3.63, 3.8) is 0 Å². The van der Waals surface area contributed by atoms with Gasteiger partial charge >= 0.3 is 0 Å². The van der Waals surface area contributed by atoms with E-state index in [1.165, 1.54) is 0 Å². The van der Waals surface area contributed by atoms with Crippen molar-refractivity contribution >= 4 is 22.6 Å². The Kier molecular flexibility index (Phi) is 5.17. The molecule has 0 unspecified atom stereocenters. The van der Waals surface area contributed by atoms with Crippen LogP contribution >= 0.6 is 0 Å². The Labute approximate surface area is 185 Å². The number of aliphatic imine (C=N–C) groups is 1. The van der Waals surface area contributed by atoms with E-state index in [0.717, 1.165) is 48.3 Å². The fraction of sp³-hybridized carbons (Fsp3) is 0.417. The van der Waals surface area contributed by atoms with Crippen LogP contribution in [-0.4, -0.2) is 33.7 Å². The van der Waals surface area contributed by atoms with Crippen molar-refractivity contribution in [1.29, 1.82) is 0 Å². The number of anilines is 1. The second kappa shape index (κ2) is 8.02. The molecule has 0 bridgehead atoms. The minimum absolute atomic E-state index is 0.115. The SMILES string of the molecule is Cc1cc2oc(N)c(CN3CCc4nc(C5=NCCCC5)[nH]c(=O)c4C3)c(=O)c2cc1C. The molecule has 0 saturated carbocycles. The number of benzene rings is 1. The van der Waals surface area contributed by atoms with Crippen molar-refractivity contribution in [2.45, 2.75) is 52.6 Å². The van der Waals surface area contributed by atoms with Gasteiger partial charge in [0, 0.05) is 32.6 Å². The lowest BCUT2D eigenvalue weighted by molar-refractivity contribution is 0.240. The van der Waals surface area contributed by atoms with E-state index in [4.69, 9.17) is 15.1 Å². The molecule has 166 valence electrons. The molecular weight excluding hydrogens is 406 g/mol. The van der Waals surface area contributed by atoms with Gasteiger partial charge < -0.3 is 15.1 Å². The summed E-state index contributed by atoms with van der Waals surface area (Å²) in [6.45, 7) is 6.15. The van der Waals surface area contributed by atoms with Gasteiger partial charge in [-0.25, -0.2) is 4.98 Å². The molecule has 2 aliphatic heterocycles. The van der Waals surface area contributed by atoms with E-state index in [0.29, 0.717) is 54.0 Å². The van der Waals surface area contributed by atoms with Crippen LogP contribution in [0.15, 0.2) is 31.1 Å². The molecule has 8 heteroatoms. The lowest BCUT2D eigenvalue weighted by atomic mass is 10.0. The number of nitrogens with two attached hydrogens (primary N) is 1. The molecule has 0 spiro atoms. The Bertz CT molecular complexity index is 1370. The largest absolute Gasteiger partial charge is 0.440 e. The number of H-pyrrole nitrogens is 1. The monoisotopic (exact) mass is 433 g/mol. The van der Waals surface area contributed by atoms with E-state index in [9.17, 15) is 9.59 Å². The first-order valence-corrected chi connectivity index (χ1v) is 11.1. The minimum Gasteiger partial charge on any atom is -0.440 e. The van der Waals surface area contributed by atoms with E-state index in [1.54, 1.807) is 0 Å². The third-order valence-corrected chi connectivity index (χ3v) is 6.56. The molecule has 3 aromatic rings. The van der Waals surface area contributed by atoms with E-state index in [-0.39, 0.29) is 16.9 Å². The highest BCUT2D eigenvalue weighted by molar-refractivity contribution is 5.97. The Balaban J connectivity index is 1.44. The van der Waals surface area contributed by atoms with Crippen LogP contribution in [0, 0.1) is 13.8 Å². The van der Waals surface area contributed by atoms with E-state index in [1.807, 2.05) is 30.9 Å². The Hall–Kier alpha value is -3.26. The van der Waals surface area contributed by atoms with Crippen molar-refractivity contribution in [3.8, 4) is 0 Å². The molecule has 0 amide bonds. The molecule has 0 radical (unpaired) electrons. The highest BCUT2D eigenvalue weighted by Gasteiger charge is 2.25. The number of aromatic nitrogens is 2.